The van der Waals surface area contributed by atoms with Gasteiger partial charge in [-0.05, 0) is 39.1 Å². The average Bonchev–Trinajstić information content (AvgIpc) is 2.60. The van der Waals surface area contributed by atoms with Crippen molar-refractivity contribution in [2.75, 3.05) is 53.4 Å². The molecule has 1 aliphatic heterocycles. The highest BCUT2D eigenvalue weighted by atomic mass is 16.5. The van der Waals surface area contributed by atoms with Gasteiger partial charge in [0.05, 0.1) is 20.8 Å². The largest absolute Gasteiger partial charge is 0.493 e. The Morgan fingerprint density at radius 2 is 1.92 bits per heavy atom. The monoisotopic (exact) mass is 336 g/mol. The number of rotatable bonds is 6. The first-order valence-corrected chi connectivity index (χ1v) is 8.05. The van der Waals surface area contributed by atoms with Crippen LogP contribution < -0.4 is 20.5 Å². The molecular weight excluding hydrogens is 308 g/mol. The lowest BCUT2D eigenvalue weighted by atomic mass is 9.89. The van der Waals surface area contributed by atoms with Crippen molar-refractivity contribution in [2.45, 2.75) is 18.4 Å². The van der Waals surface area contributed by atoms with Crippen LogP contribution in [-0.2, 0) is 4.74 Å². The predicted octanol–water partition coefficient (Wildman–Crippen LogP) is 1.54. The van der Waals surface area contributed by atoms with Crippen molar-refractivity contribution in [3.8, 4) is 11.5 Å². The molecule has 0 radical (unpaired) electrons. The quantitative estimate of drug-likeness (QED) is 0.606. The molecule has 134 valence electrons. The summed E-state index contributed by atoms with van der Waals surface area (Å²) in [5.74, 6) is 1.70. The smallest absolute Gasteiger partial charge is 0.193 e. The lowest BCUT2D eigenvalue weighted by Gasteiger charge is -2.41. The van der Waals surface area contributed by atoms with Crippen LogP contribution in [0.4, 0.5) is 5.69 Å². The Balaban J connectivity index is 2.05. The van der Waals surface area contributed by atoms with E-state index in [4.69, 9.17) is 19.9 Å². The van der Waals surface area contributed by atoms with E-state index in [1.165, 1.54) is 0 Å². The van der Waals surface area contributed by atoms with Crippen LogP contribution in [0.2, 0.25) is 0 Å². The topological polar surface area (TPSA) is 81.3 Å². The van der Waals surface area contributed by atoms with Gasteiger partial charge in [-0.1, -0.05) is 0 Å². The minimum Gasteiger partial charge on any atom is -0.493 e. The molecule has 1 aliphatic rings. The van der Waals surface area contributed by atoms with Gasteiger partial charge in [0.2, 0.25) is 0 Å². The van der Waals surface area contributed by atoms with E-state index in [-0.39, 0.29) is 5.54 Å². The fourth-order valence-corrected chi connectivity index (χ4v) is 2.83. The molecule has 0 unspecified atom stereocenters. The van der Waals surface area contributed by atoms with Gasteiger partial charge in [-0.2, -0.15) is 0 Å². The van der Waals surface area contributed by atoms with Gasteiger partial charge < -0.3 is 30.2 Å². The van der Waals surface area contributed by atoms with Gasteiger partial charge in [-0.3, -0.25) is 4.99 Å². The summed E-state index contributed by atoms with van der Waals surface area (Å²) in [7, 11) is 7.37. The number of nitrogens with one attached hydrogen (secondary N) is 1. The maximum absolute atomic E-state index is 6.06. The van der Waals surface area contributed by atoms with Crippen LogP contribution in [0.25, 0.3) is 0 Å². The molecule has 1 aromatic carbocycles. The molecular formula is C17H28N4O3. The summed E-state index contributed by atoms with van der Waals surface area (Å²) in [6.45, 7) is 2.16. The molecule has 24 heavy (non-hydrogen) atoms. The molecule has 1 aromatic rings. The maximum atomic E-state index is 6.06. The summed E-state index contributed by atoms with van der Waals surface area (Å²) in [5.41, 5.74) is 6.87. The standard InChI is InChI=1S/C17H28N4O3/c1-21(2)17(7-9-24-10-8-17)12-19-16(18)20-13-5-6-14(22-3)15(11-13)23-4/h5-6,11H,7-10,12H2,1-4H3,(H3,18,19,20). The molecule has 3 N–H and O–H groups in total. The van der Waals surface area contributed by atoms with Crippen LogP contribution >= 0.6 is 0 Å². The summed E-state index contributed by atoms with van der Waals surface area (Å²) in [4.78, 5) is 6.77. The molecule has 0 aromatic heterocycles. The Hall–Kier alpha value is -1.99. The molecule has 0 bridgehead atoms. The number of hydrogen-bond acceptors (Lipinski definition) is 5. The van der Waals surface area contributed by atoms with E-state index in [1.54, 1.807) is 14.2 Å². The van der Waals surface area contributed by atoms with Crippen LogP contribution in [0, 0.1) is 0 Å². The second kappa shape index (κ2) is 8.21. The van der Waals surface area contributed by atoms with Crippen molar-refractivity contribution in [1.29, 1.82) is 0 Å². The van der Waals surface area contributed by atoms with Crippen molar-refractivity contribution < 1.29 is 14.2 Å². The van der Waals surface area contributed by atoms with Crippen LogP contribution in [0.3, 0.4) is 0 Å². The van der Waals surface area contributed by atoms with E-state index in [0.717, 1.165) is 31.7 Å². The lowest BCUT2D eigenvalue weighted by molar-refractivity contribution is -0.00249. The Bertz CT molecular complexity index is 569. The summed E-state index contributed by atoms with van der Waals surface area (Å²) in [5, 5.41) is 3.11. The van der Waals surface area contributed by atoms with E-state index in [1.807, 2.05) is 18.2 Å². The third-order valence-electron chi connectivity index (χ3n) is 4.57. The normalized spacial score (nSPS) is 17.6. The number of nitrogens with zero attached hydrogens (tertiary/aromatic N) is 2. The zero-order chi connectivity index (χ0) is 17.6. The SMILES string of the molecule is COc1ccc(NC(N)=NCC2(N(C)C)CCOCC2)cc1OC. The molecule has 0 aliphatic carbocycles. The Morgan fingerprint density at radius 3 is 2.50 bits per heavy atom. The Morgan fingerprint density at radius 1 is 1.25 bits per heavy atom. The molecule has 7 heteroatoms. The molecule has 1 heterocycles. The maximum Gasteiger partial charge on any atom is 0.193 e. The van der Waals surface area contributed by atoms with Crippen molar-refractivity contribution in [3.05, 3.63) is 18.2 Å². The first-order valence-electron chi connectivity index (χ1n) is 8.05. The molecule has 1 fully saturated rings. The third kappa shape index (κ3) is 4.30. The van der Waals surface area contributed by atoms with Gasteiger partial charge in [0, 0.05) is 30.5 Å². The fourth-order valence-electron chi connectivity index (χ4n) is 2.83. The lowest BCUT2D eigenvalue weighted by Crippen LogP contribution is -2.51. The van der Waals surface area contributed by atoms with Crippen molar-refractivity contribution in [1.82, 2.24) is 4.90 Å². The van der Waals surface area contributed by atoms with E-state index in [2.05, 4.69) is 29.3 Å². The van der Waals surface area contributed by atoms with Gasteiger partial charge in [0.15, 0.2) is 17.5 Å². The fraction of sp³-hybridized carbons (Fsp3) is 0.588. The average molecular weight is 336 g/mol. The first kappa shape index (κ1) is 18.4. The zero-order valence-corrected chi connectivity index (χ0v) is 15.0. The molecule has 0 spiro atoms. The minimum atomic E-state index is 0.00213. The Kier molecular flexibility index (Phi) is 6.28. The number of hydrogen-bond donors (Lipinski definition) is 2. The molecule has 0 amide bonds. The van der Waals surface area contributed by atoms with Crippen LogP contribution in [0.15, 0.2) is 23.2 Å². The number of guanidine groups is 1. The number of methoxy groups -OCH3 is 2. The second-order valence-electron chi connectivity index (χ2n) is 6.13. The summed E-state index contributed by atoms with van der Waals surface area (Å²) >= 11 is 0. The molecule has 2 rings (SSSR count). The number of benzene rings is 1. The highest BCUT2D eigenvalue weighted by Crippen LogP contribution is 2.30. The summed E-state index contributed by atoms with van der Waals surface area (Å²) in [6, 6.07) is 5.53. The highest BCUT2D eigenvalue weighted by Gasteiger charge is 2.34. The van der Waals surface area contributed by atoms with E-state index >= 15 is 0 Å². The van der Waals surface area contributed by atoms with Gasteiger partial charge in [0.25, 0.3) is 0 Å². The molecule has 7 nitrogen and oxygen atoms in total. The van der Waals surface area contributed by atoms with Crippen LogP contribution in [0.1, 0.15) is 12.8 Å². The van der Waals surface area contributed by atoms with E-state index in [9.17, 15) is 0 Å². The van der Waals surface area contributed by atoms with E-state index in [0.29, 0.717) is 24.0 Å². The van der Waals surface area contributed by atoms with Crippen LogP contribution in [0.5, 0.6) is 11.5 Å². The predicted molar refractivity (Wildman–Crippen MR) is 96.1 cm³/mol. The van der Waals surface area contributed by atoms with Crippen LogP contribution in [-0.4, -0.2) is 64.5 Å². The van der Waals surface area contributed by atoms with Gasteiger partial charge in [-0.25, -0.2) is 0 Å². The zero-order valence-electron chi connectivity index (χ0n) is 15.0. The Labute approximate surface area is 143 Å². The van der Waals surface area contributed by atoms with Crippen molar-refractivity contribution in [3.63, 3.8) is 0 Å². The van der Waals surface area contributed by atoms with Crippen molar-refractivity contribution in [2.24, 2.45) is 10.7 Å². The molecule has 0 saturated carbocycles. The number of ether oxygens (including phenoxy) is 3. The van der Waals surface area contributed by atoms with Gasteiger partial charge in [0.1, 0.15) is 0 Å². The first-order chi connectivity index (χ1) is 11.5. The third-order valence-corrected chi connectivity index (χ3v) is 4.57. The minimum absolute atomic E-state index is 0.00213. The van der Waals surface area contributed by atoms with Gasteiger partial charge in [-0.15, -0.1) is 0 Å². The van der Waals surface area contributed by atoms with Gasteiger partial charge >= 0.3 is 0 Å². The number of likely N-dealkylation sites (N-methyl/N-ethyl adjacent to an activating group) is 1. The summed E-state index contributed by atoms with van der Waals surface area (Å²) in [6.07, 6.45) is 1.90. The highest BCUT2D eigenvalue weighted by molar-refractivity contribution is 5.92. The number of nitrogens with two attached hydrogens (primary N) is 1. The molecule has 0 atom stereocenters. The summed E-state index contributed by atoms with van der Waals surface area (Å²) < 4.78 is 16.0. The number of aliphatic imine (C=N–C) groups is 1. The molecule has 1 saturated heterocycles. The van der Waals surface area contributed by atoms with Crippen molar-refractivity contribution >= 4 is 11.6 Å². The second-order valence-corrected chi connectivity index (χ2v) is 6.13. The number of anilines is 1. The van der Waals surface area contributed by atoms with E-state index < -0.39 is 0 Å².